The Morgan fingerprint density at radius 1 is 1.33 bits per heavy atom. The van der Waals surface area contributed by atoms with Crippen LogP contribution < -0.4 is 0 Å². The van der Waals surface area contributed by atoms with Gasteiger partial charge in [0.2, 0.25) is 0 Å². The maximum absolute atomic E-state index is 2.33. The summed E-state index contributed by atoms with van der Waals surface area (Å²) >= 11 is 0. The summed E-state index contributed by atoms with van der Waals surface area (Å²) < 4.78 is 1.08. The minimum absolute atomic E-state index is 0.769. The molecule has 0 aromatic heterocycles. The van der Waals surface area contributed by atoms with E-state index in [0.29, 0.717) is 0 Å². The molecule has 1 unspecified atom stereocenters. The zero-order chi connectivity index (χ0) is 6.91. The van der Waals surface area contributed by atoms with Crippen LogP contribution in [0, 0.1) is 0 Å². The average Bonchev–Trinajstić information content (AvgIpc) is 2.08. The smallest absolute Gasteiger partial charge is 0.107 e. The van der Waals surface area contributed by atoms with E-state index in [1.165, 1.54) is 12.8 Å². The molecule has 0 N–H and O–H groups in total. The Morgan fingerprint density at radius 3 is 2.22 bits per heavy atom. The molecule has 0 aromatic rings. The lowest BCUT2D eigenvalue weighted by Crippen LogP contribution is -2.42. The van der Waals surface area contributed by atoms with Crippen molar-refractivity contribution < 1.29 is 4.48 Å². The lowest BCUT2D eigenvalue weighted by molar-refractivity contribution is -0.888. The van der Waals surface area contributed by atoms with Crippen LogP contribution in [0.1, 0.15) is 12.8 Å². The van der Waals surface area contributed by atoms with Gasteiger partial charge in [0.15, 0.2) is 0 Å². The van der Waals surface area contributed by atoms with Crippen molar-refractivity contribution in [1.82, 2.24) is 0 Å². The Hall–Kier alpha value is -0.300. The summed E-state index contributed by atoms with van der Waals surface area (Å²) in [6.45, 7) is 0. The van der Waals surface area contributed by atoms with Gasteiger partial charge in [-0.3, -0.25) is 0 Å². The van der Waals surface area contributed by atoms with Crippen molar-refractivity contribution in [2.24, 2.45) is 0 Å². The van der Waals surface area contributed by atoms with E-state index < -0.39 is 0 Å². The predicted molar refractivity (Wildman–Crippen MR) is 40.2 cm³/mol. The highest BCUT2D eigenvalue weighted by Gasteiger charge is 2.22. The average molecular weight is 126 g/mol. The van der Waals surface area contributed by atoms with Crippen molar-refractivity contribution in [3.63, 3.8) is 0 Å². The molecular formula is C8H16N+. The number of rotatable bonds is 1. The van der Waals surface area contributed by atoms with Crippen molar-refractivity contribution in [3.8, 4) is 0 Å². The summed E-state index contributed by atoms with van der Waals surface area (Å²) in [5.41, 5.74) is 0. The Morgan fingerprint density at radius 2 is 2.00 bits per heavy atom. The zero-order valence-electron chi connectivity index (χ0n) is 6.59. The molecule has 0 aromatic carbocycles. The first kappa shape index (κ1) is 6.81. The predicted octanol–water partition coefficient (Wildman–Crippen LogP) is 1.41. The molecule has 52 valence electrons. The van der Waals surface area contributed by atoms with Crippen LogP contribution in [0.15, 0.2) is 12.2 Å². The topological polar surface area (TPSA) is 0 Å². The summed E-state index contributed by atoms with van der Waals surface area (Å²) in [7, 11) is 6.75. The van der Waals surface area contributed by atoms with E-state index in [1.807, 2.05) is 0 Å². The van der Waals surface area contributed by atoms with Gasteiger partial charge >= 0.3 is 0 Å². The molecule has 0 heterocycles. The molecule has 1 heteroatoms. The molecule has 1 aliphatic rings. The third-order valence-corrected chi connectivity index (χ3v) is 1.98. The number of hydrogen-bond acceptors (Lipinski definition) is 0. The summed E-state index contributed by atoms with van der Waals surface area (Å²) in [6.07, 6.45) is 7.23. The van der Waals surface area contributed by atoms with Gasteiger partial charge in [-0.2, -0.15) is 0 Å². The molecule has 1 atom stereocenters. The van der Waals surface area contributed by atoms with Gasteiger partial charge in [-0.25, -0.2) is 0 Å². The first-order valence-electron chi connectivity index (χ1n) is 3.58. The van der Waals surface area contributed by atoms with E-state index in [-0.39, 0.29) is 0 Å². The van der Waals surface area contributed by atoms with Crippen LogP contribution >= 0.6 is 0 Å². The van der Waals surface area contributed by atoms with Crippen molar-refractivity contribution in [2.45, 2.75) is 18.9 Å². The standard InChI is InChI=1S/C8H16N/c1-9(2,3)8-6-4-5-7-8/h4,6,8H,5,7H2,1-3H3/q+1. The van der Waals surface area contributed by atoms with E-state index >= 15 is 0 Å². The first-order valence-corrected chi connectivity index (χ1v) is 3.58. The molecule has 0 radical (unpaired) electrons. The first-order chi connectivity index (χ1) is 4.11. The third-order valence-electron chi connectivity index (χ3n) is 1.98. The maximum atomic E-state index is 2.33. The molecule has 9 heavy (non-hydrogen) atoms. The normalized spacial score (nSPS) is 27.2. The molecule has 0 fully saturated rings. The van der Waals surface area contributed by atoms with Gasteiger partial charge in [0.05, 0.1) is 21.1 Å². The fraction of sp³-hybridized carbons (Fsp3) is 0.750. The van der Waals surface area contributed by atoms with Gasteiger partial charge in [0.1, 0.15) is 6.04 Å². The molecule has 0 saturated heterocycles. The van der Waals surface area contributed by atoms with Crippen molar-refractivity contribution in [3.05, 3.63) is 12.2 Å². The Balaban J connectivity index is 2.53. The summed E-state index contributed by atoms with van der Waals surface area (Å²) in [5, 5.41) is 0. The van der Waals surface area contributed by atoms with Crippen LogP contribution in [-0.2, 0) is 0 Å². The highest BCUT2D eigenvalue weighted by atomic mass is 15.3. The monoisotopic (exact) mass is 126 g/mol. The molecular weight excluding hydrogens is 110 g/mol. The Kier molecular flexibility index (Phi) is 1.62. The van der Waals surface area contributed by atoms with E-state index in [9.17, 15) is 0 Å². The molecule has 1 nitrogen and oxygen atoms in total. The minimum Gasteiger partial charge on any atom is -0.325 e. The van der Waals surface area contributed by atoms with Gasteiger partial charge in [0.25, 0.3) is 0 Å². The molecule has 1 aliphatic carbocycles. The minimum atomic E-state index is 0.769. The number of nitrogens with zero attached hydrogens (tertiary/aromatic N) is 1. The fourth-order valence-electron chi connectivity index (χ4n) is 1.26. The second-order valence-electron chi connectivity index (χ2n) is 3.69. The van der Waals surface area contributed by atoms with E-state index in [4.69, 9.17) is 0 Å². The van der Waals surface area contributed by atoms with Crippen molar-refractivity contribution in [2.75, 3.05) is 21.1 Å². The maximum Gasteiger partial charge on any atom is 0.107 e. The van der Waals surface area contributed by atoms with Crippen molar-refractivity contribution in [1.29, 1.82) is 0 Å². The summed E-state index contributed by atoms with van der Waals surface area (Å²) in [4.78, 5) is 0. The van der Waals surface area contributed by atoms with Gasteiger partial charge in [-0.05, 0) is 12.5 Å². The van der Waals surface area contributed by atoms with E-state index in [1.54, 1.807) is 0 Å². The lowest BCUT2D eigenvalue weighted by Gasteiger charge is -2.30. The zero-order valence-corrected chi connectivity index (χ0v) is 6.59. The highest BCUT2D eigenvalue weighted by molar-refractivity contribution is 4.97. The summed E-state index contributed by atoms with van der Waals surface area (Å²) in [5.74, 6) is 0. The lowest BCUT2D eigenvalue weighted by atomic mass is 10.2. The molecule has 0 amide bonds. The molecule has 1 rings (SSSR count). The van der Waals surface area contributed by atoms with Gasteiger partial charge in [0, 0.05) is 6.42 Å². The second-order valence-corrected chi connectivity index (χ2v) is 3.69. The largest absolute Gasteiger partial charge is 0.325 e. The van der Waals surface area contributed by atoms with Crippen LogP contribution in [0.3, 0.4) is 0 Å². The quantitative estimate of drug-likeness (QED) is 0.368. The molecule has 0 aliphatic heterocycles. The van der Waals surface area contributed by atoms with Gasteiger partial charge < -0.3 is 4.48 Å². The number of likely N-dealkylation sites (N-methyl/N-ethyl adjacent to an activating group) is 1. The highest BCUT2D eigenvalue weighted by Crippen LogP contribution is 2.17. The van der Waals surface area contributed by atoms with Crippen LogP contribution in [0.25, 0.3) is 0 Å². The molecule has 0 saturated carbocycles. The van der Waals surface area contributed by atoms with E-state index in [0.717, 1.165) is 10.5 Å². The third kappa shape index (κ3) is 1.55. The van der Waals surface area contributed by atoms with Crippen molar-refractivity contribution >= 4 is 0 Å². The molecule has 0 spiro atoms. The van der Waals surface area contributed by atoms with Crippen LogP contribution in [0.5, 0.6) is 0 Å². The number of allylic oxidation sites excluding steroid dienone is 1. The number of quaternary nitrogens is 1. The van der Waals surface area contributed by atoms with Crippen LogP contribution in [0.2, 0.25) is 0 Å². The number of hydrogen-bond donors (Lipinski definition) is 0. The second kappa shape index (κ2) is 2.14. The Bertz CT molecular complexity index is 119. The summed E-state index contributed by atoms with van der Waals surface area (Å²) in [6, 6.07) is 0.769. The SMILES string of the molecule is C[N+](C)(C)C1C=CCC1. The van der Waals surface area contributed by atoms with Gasteiger partial charge in [-0.15, -0.1) is 0 Å². The van der Waals surface area contributed by atoms with Gasteiger partial charge in [-0.1, -0.05) is 6.08 Å². The van der Waals surface area contributed by atoms with Crippen LogP contribution in [-0.4, -0.2) is 31.7 Å². The fourth-order valence-corrected chi connectivity index (χ4v) is 1.26. The van der Waals surface area contributed by atoms with Crippen LogP contribution in [0.4, 0.5) is 0 Å². The molecule has 0 bridgehead atoms. The Labute approximate surface area is 57.6 Å². The van der Waals surface area contributed by atoms with E-state index in [2.05, 4.69) is 33.3 Å².